The first-order chi connectivity index (χ1) is 9.90. The highest BCUT2D eigenvalue weighted by Crippen LogP contribution is 2.34. The van der Waals surface area contributed by atoms with E-state index in [-0.39, 0.29) is 5.02 Å². The van der Waals surface area contributed by atoms with Gasteiger partial charge in [-0.15, -0.1) is 0 Å². The zero-order chi connectivity index (χ0) is 15.5. The standard InChI is InChI=1S/C13H12ClF3N4/c1-2-18-12-19-6-5-11(21-12)20-10-4-3-8(7-9(10)14)13(15,16)17/h3-7H,2H2,1H3,(H2,18,19,20,21). The van der Waals surface area contributed by atoms with Gasteiger partial charge in [0, 0.05) is 12.7 Å². The number of anilines is 3. The number of nitrogens with one attached hydrogen (secondary N) is 2. The molecule has 2 rings (SSSR count). The molecule has 21 heavy (non-hydrogen) atoms. The van der Waals surface area contributed by atoms with Crippen LogP contribution in [0, 0.1) is 0 Å². The molecule has 0 bridgehead atoms. The molecule has 0 unspecified atom stereocenters. The Morgan fingerprint density at radius 3 is 2.62 bits per heavy atom. The lowest BCUT2D eigenvalue weighted by Gasteiger charge is -2.11. The minimum Gasteiger partial charge on any atom is -0.354 e. The molecule has 0 spiro atoms. The molecule has 4 nitrogen and oxygen atoms in total. The summed E-state index contributed by atoms with van der Waals surface area (Å²) in [5.74, 6) is 0.855. The molecule has 8 heteroatoms. The minimum absolute atomic E-state index is 0.0339. The van der Waals surface area contributed by atoms with Gasteiger partial charge < -0.3 is 10.6 Å². The first-order valence-electron chi connectivity index (χ1n) is 6.11. The van der Waals surface area contributed by atoms with Crippen LogP contribution in [-0.2, 0) is 6.18 Å². The maximum absolute atomic E-state index is 12.6. The van der Waals surface area contributed by atoms with Gasteiger partial charge in [0.2, 0.25) is 5.95 Å². The molecule has 1 aromatic heterocycles. The Morgan fingerprint density at radius 2 is 2.00 bits per heavy atom. The molecule has 1 aromatic carbocycles. The van der Waals surface area contributed by atoms with E-state index >= 15 is 0 Å². The third-order valence-corrected chi connectivity index (χ3v) is 2.86. The summed E-state index contributed by atoms with van der Waals surface area (Å²) in [6, 6.07) is 4.69. The third-order valence-electron chi connectivity index (χ3n) is 2.55. The van der Waals surface area contributed by atoms with Gasteiger partial charge >= 0.3 is 6.18 Å². The number of aromatic nitrogens is 2. The summed E-state index contributed by atoms with van der Waals surface area (Å²) in [6.07, 6.45) is -2.89. The second-order valence-electron chi connectivity index (χ2n) is 4.11. The highest BCUT2D eigenvalue weighted by molar-refractivity contribution is 6.33. The normalized spacial score (nSPS) is 11.3. The topological polar surface area (TPSA) is 49.8 Å². The van der Waals surface area contributed by atoms with E-state index in [0.717, 1.165) is 12.1 Å². The van der Waals surface area contributed by atoms with E-state index in [1.807, 2.05) is 6.92 Å². The molecular formula is C13H12ClF3N4. The molecule has 0 amide bonds. The molecule has 0 atom stereocenters. The van der Waals surface area contributed by atoms with E-state index in [1.54, 1.807) is 6.07 Å². The number of hydrogen-bond donors (Lipinski definition) is 2. The van der Waals surface area contributed by atoms with Gasteiger partial charge in [0.05, 0.1) is 16.3 Å². The number of hydrogen-bond acceptors (Lipinski definition) is 4. The summed E-state index contributed by atoms with van der Waals surface area (Å²) in [7, 11) is 0. The summed E-state index contributed by atoms with van der Waals surface area (Å²) in [5.41, 5.74) is -0.458. The lowest BCUT2D eigenvalue weighted by Crippen LogP contribution is -2.06. The van der Waals surface area contributed by atoms with Crippen LogP contribution < -0.4 is 10.6 Å². The smallest absolute Gasteiger partial charge is 0.354 e. The van der Waals surface area contributed by atoms with Gasteiger partial charge in [-0.05, 0) is 31.2 Å². The van der Waals surface area contributed by atoms with Gasteiger partial charge in [0.1, 0.15) is 5.82 Å². The molecule has 2 N–H and O–H groups in total. The molecular weight excluding hydrogens is 305 g/mol. The van der Waals surface area contributed by atoms with Gasteiger partial charge in [0.25, 0.3) is 0 Å². The van der Waals surface area contributed by atoms with E-state index < -0.39 is 11.7 Å². The molecule has 0 saturated heterocycles. The predicted octanol–water partition coefficient (Wildman–Crippen LogP) is 4.32. The van der Waals surface area contributed by atoms with E-state index in [9.17, 15) is 13.2 Å². The second kappa shape index (κ2) is 6.17. The lowest BCUT2D eigenvalue weighted by atomic mass is 10.2. The molecule has 0 saturated carbocycles. The van der Waals surface area contributed by atoms with Crippen LogP contribution >= 0.6 is 11.6 Å². The maximum Gasteiger partial charge on any atom is 0.416 e. The van der Waals surface area contributed by atoms with Crippen LogP contribution in [0.3, 0.4) is 0 Å². The molecule has 0 aliphatic heterocycles. The van der Waals surface area contributed by atoms with Gasteiger partial charge in [0.15, 0.2) is 0 Å². The summed E-state index contributed by atoms with van der Waals surface area (Å²) in [4.78, 5) is 8.15. The Kier molecular flexibility index (Phi) is 4.52. The van der Waals surface area contributed by atoms with Gasteiger partial charge in [-0.1, -0.05) is 11.6 Å². The zero-order valence-electron chi connectivity index (χ0n) is 11.0. The molecule has 0 aliphatic rings. The molecule has 112 valence electrons. The Balaban J connectivity index is 2.22. The average Bonchev–Trinajstić information content (AvgIpc) is 2.41. The summed E-state index contributed by atoms with van der Waals surface area (Å²) >= 11 is 5.86. The van der Waals surface area contributed by atoms with Gasteiger partial charge in [-0.2, -0.15) is 18.2 Å². The van der Waals surface area contributed by atoms with Crippen LogP contribution in [0.25, 0.3) is 0 Å². The third kappa shape index (κ3) is 3.98. The Labute approximate surface area is 124 Å². The monoisotopic (exact) mass is 316 g/mol. The van der Waals surface area contributed by atoms with Crippen molar-refractivity contribution in [3.8, 4) is 0 Å². The molecule has 1 heterocycles. The summed E-state index contributed by atoms with van der Waals surface area (Å²) < 4.78 is 37.7. The predicted molar refractivity (Wildman–Crippen MR) is 75.9 cm³/mol. The lowest BCUT2D eigenvalue weighted by molar-refractivity contribution is -0.137. The van der Waals surface area contributed by atoms with Crippen LogP contribution in [0.4, 0.5) is 30.6 Å². The highest BCUT2D eigenvalue weighted by atomic mass is 35.5. The van der Waals surface area contributed by atoms with Crippen molar-refractivity contribution in [2.24, 2.45) is 0 Å². The average molecular weight is 317 g/mol. The molecule has 0 aliphatic carbocycles. The van der Waals surface area contributed by atoms with Crippen LogP contribution in [-0.4, -0.2) is 16.5 Å². The maximum atomic E-state index is 12.6. The number of benzene rings is 1. The van der Waals surface area contributed by atoms with E-state index in [4.69, 9.17) is 11.6 Å². The van der Waals surface area contributed by atoms with Crippen molar-refractivity contribution < 1.29 is 13.2 Å². The van der Waals surface area contributed by atoms with Crippen LogP contribution in [0.15, 0.2) is 30.5 Å². The fraction of sp³-hybridized carbons (Fsp3) is 0.231. The molecule has 2 aromatic rings. The van der Waals surface area contributed by atoms with E-state index in [0.29, 0.717) is 24.0 Å². The number of rotatable bonds is 4. The number of nitrogens with zero attached hydrogens (tertiary/aromatic N) is 2. The molecule has 0 fully saturated rings. The van der Waals surface area contributed by atoms with Crippen molar-refractivity contribution in [3.05, 3.63) is 41.0 Å². The van der Waals surface area contributed by atoms with E-state index in [1.165, 1.54) is 12.3 Å². The number of halogens is 4. The van der Waals surface area contributed by atoms with Crippen LogP contribution in [0.1, 0.15) is 12.5 Å². The first kappa shape index (κ1) is 15.4. The quantitative estimate of drug-likeness (QED) is 0.881. The van der Waals surface area contributed by atoms with Gasteiger partial charge in [-0.25, -0.2) is 4.98 Å². The second-order valence-corrected chi connectivity index (χ2v) is 4.52. The summed E-state index contributed by atoms with van der Waals surface area (Å²) in [5, 5.41) is 5.76. The van der Waals surface area contributed by atoms with Crippen LogP contribution in [0.5, 0.6) is 0 Å². The Hall–Kier alpha value is -2.02. The van der Waals surface area contributed by atoms with Crippen molar-refractivity contribution in [1.29, 1.82) is 0 Å². The van der Waals surface area contributed by atoms with Gasteiger partial charge in [-0.3, -0.25) is 0 Å². The summed E-state index contributed by atoms with van der Waals surface area (Å²) in [6.45, 7) is 2.56. The van der Waals surface area contributed by atoms with Crippen molar-refractivity contribution >= 4 is 29.1 Å². The first-order valence-corrected chi connectivity index (χ1v) is 6.48. The zero-order valence-corrected chi connectivity index (χ0v) is 11.8. The van der Waals surface area contributed by atoms with Crippen molar-refractivity contribution in [1.82, 2.24) is 9.97 Å². The van der Waals surface area contributed by atoms with Crippen molar-refractivity contribution in [2.45, 2.75) is 13.1 Å². The van der Waals surface area contributed by atoms with Crippen LogP contribution in [0.2, 0.25) is 5.02 Å². The van der Waals surface area contributed by atoms with Crippen molar-refractivity contribution in [3.63, 3.8) is 0 Å². The highest BCUT2D eigenvalue weighted by Gasteiger charge is 2.30. The largest absolute Gasteiger partial charge is 0.416 e. The number of alkyl halides is 3. The van der Waals surface area contributed by atoms with Crippen molar-refractivity contribution in [2.75, 3.05) is 17.2 Å². The molecule has 0 radical (unpaired) electrons. The fourth-order valence-electron chi connectivity index (χ4n) is 1.60. The SMILES string of the molecule is CCNc1nccc(Nc2ccc(C(F)(F)F)cc2Cl)n1. The Bertz CT molecular complexity index is 631. The fourth-order valence-corrected chi connectivity index (χ4v) is 1.83. The minimum atomic E-state index is -4.42. The van der Waals surface area contributed by atoms with E-state index in [2.05, 4.69) is 20.6 Å². The Morgan fingerprint density at radius 1 is 1.24 bits per heavy atom.